The van der Waals surface area contributed by atoms with Crippen LogP contribution in [0.25, 0.3) is 38.8 Å². The Labute approximate surface area is 197 Å². The van der Waals surface area contributed by atoms with E-state index in [9.17, 15) is 18.0 Å². The van der Waals surface area contributed by atoms with Crippen molar-refractivity contribution >= 4 is 21.9 Å². The van der Waals surface area contributed by atoms with E-state index in [0.717, 1.165) is 34.8 Å². The average molecular weight is 478 g/mol. The fourth-order valence-corrected chi connectivity index (χ4v) is 4.51. The number of hydrogen-bond acceptors (Lipinski definition) is 4. The van der Waals surface area contributed by atoms with Crippen LogP contribution in [0.1, 0.15) is 24.1 Å². The topological polar surface area (TPSA) is 70.5 Å². The summed E-state index contributed by atoms with van der Waals surface area (Å²) < 4.78 is 46.7. The van der Waals surface area contributed by atoms with Gasteiger partial charge in [-0.05, 0) is 49.9 Å². The highest BCUT2D eigenvalue weighted by Gasteiger charge is 2.38. The summed E-state index contributed by atoms with van der Waals surface area (Å²) in [6, 6.07) is 8.52. The molecule has 35 heavy (non-hydrogen) atoms. The fourth-order valence-electron chi connectivity index (χ4n) is 4.51. The Morgan fingerprint density at radius 2 is 1.89 bits per heavy atom. The van der Waals surface area contributed by atoms with Gasteiger partial charge in [-0.3, -0.25) is 14.5 Å². The van der Waals surface area contributed by atoms with Gasteiger partial charge in [-0.15, -0.1) is 0 Å². The number of pyridine rings is 1. The van der Waals surface area contributed by atoms with Crippen molar-refractivity contribution in [2.75, 3.05) is 0 Å². The summed E-state index contributed by atoms with van der Waals surface area (Å²) in [6.07, 6.45) is 1.69. The van der Waals surface area contributed by atoms with E-state index >= 15 is 0 Å². The fraction of sp³-hybridized carbons (Fsp3) is 0.280. The monoisotopic (exact) mass is 478 g/mol. The molecule has 0 radical (unpaired) electrons. The largest absolute Gasteiger partial charge is 0.420 e. The van der Waals surface area contributed by atoms with Crippen LogP contribution in [0.3, 0.4) is 0 Å². The van der Waals surface area contributed by atoms with Crippen molar-refractivity contribution in [3.8, 4) is 16.8 Å². The Hall–Kier alpha value is -3.95. The molecule has 1 aliphatic carbocycles. The number of alkyl halides is 3. The third-order valence-corrected chi connectivity index (χ3v) is 6.40. The van der Waals surface area contributed by atoms with Crippen LogP contribution in [0, 0.1) is 12.8 Å². The SMILES string of the molecule is Cc1ccc(-c2c(=O)n(-c3ccc4nn(C)cc4c3)nc3c(C(F)(F)F)cn(CC4CC4)c23)cn1. The summed E-state index contributed by atoms with van der Waals surface area (Å²) in [5.41, 5.74) is 1.00. The highest BCUT2D eigenvalue weighted by atomic mass is 19.4. The van der Waals surface area contributed by atoms with Crippen LogP contribution in [-0.2, 0) is 19.8 Å². The number of rotatable bonds is 4. The lowest BCUT2D eigenvalue weighted by Crippen LogP contribution is -2.24. The van der Waals surface area contributed by atoms with Crippen molar-refractivity contribution in [1.82, 2.24) is 29.1 Å². The van der Waals surface area contributed by atoms with Crippen molar-refractivity contribution < 1.29 is 13.2 Å². The number of aromatic nitrogens is 6. The molecule has 1 aliphatic rings. The Bertz CT molecular complexity index is 1660. The van der Waals surface area contributed by atoms with Crippen LogP contribution in [0.5, 0.6) is 0 Å². The van der Waals surface area contributed by atoms with Crippen molar-refractivity contribution in [2.45, 2.75) is 32.5 Å². The number of halogens is 3. The molecule has 0 amide bonds. The third-order valence-electron chi connectivity index (χ3n) is 6.40. The average Bonchev–Trinajstić information content (AvgIpc) is 3.42. The van der Waals surface area contributed by atoms with Gasteiger partial charge in [0.25, 0.3) is 5.56 Å². The van der Waals surface area contributed by atoms with Crippen LogP contribution < -0.4 is 5.56 Å². The predicted octanol–water partition coefficient (Wildman–Crippen LogP) is 4.87. The maximum absolute atomic E-state index is 14.2. The summed E-state index contributed by atoms with van der Waals surface area (Å²) in [6.45, 7) is 2.22. The second kappa shape index (κ2) is 7.53. The van der Waals surface area contributed by atoms with Crippen LogP contribution in [0.2, 0.25) is 0 Å². The Kier molecular flexibility index (Phi) is 4.64. The number of benzene rings is 1. The quantitative estimate of drug-likeness (QED) is 0.370. The van der Waals surface area contributed by atoms with Crippen molar-refractivity contribution in [3.05, 3.63) is 70.5 Å². The molecule has 5 aromatic rings. The standard InChI is InChI=1S/C25H21F3N6O/c1-14-3-6-16(10-29-14)21-23-22(19(25(26,27)28)13-33(23)11-15-4-5-15)31-34(24(21)35)18-7-8-20-17(9-18)12-32(2)30-20/h3,6-10,12-13,15H,4-5,11H2,1-2H3. The highest BCUT2D eigenvalue weighted by molar-refractivity contribution is 5.94. The van der Waals surface area contributed by atoms with Gasteiger partial charge in [-0.25, -0.2) is 0 Å². The zero-order valence-electron chi connectivity index (χ0n) is 19.0. The van der Waals surface area contributed by atoms with Gasteiger partial charge in [-0.1, -0.05) is 6.07 Å². The van der Waals surface area contributed by atoms with Crippen molar-refractivity contribution in [1.29, 1.82) is 0 Å². The van der Waals surface area contributed by atoms with E-state index in [1.54, 1.807) is 52.8 Å². The zero-order chi connectivity index (χ0) is 24.5. The molecule has 10 heteroatoms. The number of hydrogen-bond donors (Lipinski definition) is 0. The molecule has 0 atom stereocenters. The van der Waals surface area contributed by atoms with E-state index in [2.05, 4.69) is 15.2 Å². The lowest BCUT2D eigenvalue weighted by molar-refractivity contribution is -0.136. The van der Waals surface area contributed by atoms with Crippen molar-refractivity contribution in [3.63, 3.8) is 0 Å². The van der Waals surface area contributed by atoms with Crippen LogP contribution in [0.15, 0.2) is 53.7 Å². The number of aryl methyl sites for hydroxylation is 2. The molecule has 178 valence electrons. The van der Waals surface area contributed by atoms with E-state index in [0.29, 0.717) is 29.2 Å². The van der Waals surface area contributed by atoms with Gasteiger partial charge in [-0.2, -0.15) is 28.1 Å². The first kappa shape index (κ1) is 21.6. The molecule has 4 heterocycles. The summed E-state index contributed by atoms with van der Waals surface area (Å²) in [5, 5.41) is 9.37. The van der Waals surface area contributed by atoms with Crippen molar-refractivity contribution in [2.24, 2.45) is 13.0 Å². The smallest absolute Gasteiger partial charge is 0.345 e. The van der Waals surface area contributed by atoms with Crippen LogP contribution in [0.4, 0.5) is 13.2 Å². The maximum Gasteiger partial charge on any atom is 0.420 e. The lowest BCUT2D eigenvalue weighted by Gasteiger charge is -2.13. The van der Waals surface area contributed by atoms with E-state index in [4.69, 9.17) is 0 Å². The molecular formula is C25H21F3N6O. The molecular weight excluding hydrogens is 457 g/mol. The Morgan fingerprint density at radius 1 is 1.09 bits per heavy atom. The molecule has 0 aliphatic heterocycles. The van der Waals surface area contributed by atoms with E-state index in [-0.39, 0.29) is 16.6 Å². The molecule has 1 fully saturated rings. The summed E-state index contributed by atoms with van der Waals surface area (Å²) >= 11 is 0. The summed E-state index contributed by atoms with van der Waals surface area (Å²) in [7, 11) is 1.77. The molecule has 0 spiro atoms. The molecule has 0 unspecified atom stereocenters. The number of fused-ring (bicyclic) bond motifs is 2. The van der Waals surface area contributed by atoms with Gasteiger partial charge in [0.2, 0.25) is 0 Å². The van der Waals surface area contributed by atoms with Gasteiger partial charge in [0.1, 0.15) is 11.1 Å². The Morgan fingerprint density at radius 3 is 2.57 bits per heavy atom. The summed E-state index contributed by atoms with van der Waals surface area (Å²) in [4.78, 5) is 18.2. The first-order valence-electron chi connectivity index (χ1n) is 11.3. The minimum atomic E-state index is -4.63. The first-order valence-corrected chi connectivity index (χ1v) is 11.3. The zero-order valence-corrected chi connectivity index (χ0v) is 19.0. The van der Waals surface area contributed by atoms with Gasteiger partial charge in [0.15, 0.2) is 0 Å². The van der Waals surface area contributed by atoms with E-state index in [1.165, 1.54) is 6.20 Å². The maximum atomic E-state index is 14.2. The van der Waals surface area contributed by atoms with E-state index in [1.807, 2.05) is 6.92 Å². The highest BCUT2D eigenvalue weighted by Crippen LogP contribution is 2.40. The molecule has 1 aromatic carbocycles. The number of nitrogens with zero attached hydrogens (tertiary/aromatic N) is 6. The third kappa shape index (κ3) is 3.69. The minimum absolute atomic E-state index is 0.157. The second-order valence-electron chi connectivity index (χ2n) is 9.16. The minimum Gasteiger partial charge on any atom is -0.345 e. The van der Waals surface area contributed by atoms with Gasteiger partial charge in [0.05, 0.1) is 22.3 Å². The van der Waals surface area contributed by atoms with Gasteiger partial charge >= 0.3 is 6.18 Å². The molecule has 4 aromatic heterocycles. The van der Waals surface area contributed by atoms with Gasteiger partial charge in [0, 0.05) is 48.8 Å². The molecule has 0 saturated heterocycles. The molecule has 6 rings (SSSR count). The first-order chi connectivity index (χ1) is 16.7. The molecule has 1 saturated carbocycles. The second-order valence-corrected chi connectivity index (χ2v) is 9.16. The van der Waals surface area contributed by atoms with E-state index < -0.39 is 17.3 Å². The van der Waals surface area contributed by atoms with Gasteiger partial charge < -0.3 is 4.57 Å². The lowest BCUT2D eigenvalue weighted by atomic mass is 10.1. The Balaban J connectivity index is 1.70. The molecule has 7 nitrogen and oxygen atoms in total. The molecule has 0 N–H and O–H groups in total. The van der Waals surface area contributed by atoms with Crippen LogP contribution >= 0.6 is 0 Å². The predicted molar refractivity (Wildman–Crippen MR) is 125 cm³/mol. The van der Waals surface area contributed by atoms with Crippen LogP contribution in [-0.4, -0.2) is 29.1 Å². The normalized spacial score (nSPS) is 14.3. The molecule has 0 bridgehead atoms. The summed E-state index contributed by atoms with van der Waals surface area (Å²) in [5.74, 6) is 0.297.